The van der Waals surface area contributed by atoms with Crippen molar-refractivity contribution in [3.8, 4) is 0 Å². The number of carbonyl (C=O) groups is 1. The lowest BCUT2D eigenvalue weighted by Crippen LogP contribution is -2.35. The van der Waals surface area contributed by atoms with Crippen LogP contribution in [0.5, 0.6) is 0 Å². The van der Waals surface area contributed by atoms with Gasteiger partial charge in [0.15, 0.2) is 0 Å². The van der Waals surface area contributed by atoms with Crippen molar-refractivity contribution in [3.05, 3.63) is 12.2 Å². The van der Waals surface area contributed by atoms with Crippen LogP contribution in [0.2, 0.25) is 0 Å². The number of amides is 1. The summed E-state index contributed by atoms with van der Waals surface area (Å²) < 4.78 is 5.29. The SMILES string of the molecule is CO[C@H]1CC[C@H](NCC=CC(N)=O)CC1. The number of nitrogens with two attached hydrogens (primary N) is 1. The van der Waals surface area contributed by atoms with Crippen LogP contribution >= 0.6 is 0 Å². The summed E-state index contributed by atoms with van der Waals surface area (Å²) in [5.41, 5.74) is 4.98. The predicted molar refractivity (Wildman–Crippen MR) is 59.4 cm³/mol. The number of hydrogen-bond donors (Lipinski definition) is 2. The maximum atomic E-state index is 10.4. The van der Waals surface area contributed by atoms with Crippen LogP contribution in [0.3, 0.4) is 0 Å². The molecule has 1 aliphatic rings. The number of nitrogens with one attached hydrogen (secondary N) is 1. The van der Waals surface area contributed by atoms with Crippen molar-refractivity contribution in [2.45, 2.75) is 37.8 Å². The van der Waals surface area contributed by atoms with Crippen LogP contribution in [0, 0.1) is 0 Å². The predicted octanol–water partition coefficient (Wildman–Crippen LogP) is 0.575. The monoisotopic (exact) mass is 212 g/mol. The minimum Gasteiger partial charge on any atom is -0.381 e. The molecule has 0 spiro atoms. The van der Waals surface area contributed by atoms with Crippen molar-refractivity contribution in [2.24, 2.45) is 5.73 Å². The average Bonchev–Trinajstić information content (AvgIpc) is 2.25. The van der Waals surface area contributed by atoms with Crippen LogP contribution in [0.15, 0.2) is 12.2 Å². The number of ether oxygens (including phenoxy) is 1. The molecular formula is C11H20N2O2. The zero-order valence-electron chi connectivity index (χ0n) is 9.24. The highest BCUT2D eigenvalue weighted by molar-refractivity contribution is 5.85. The van der Waals surface area contributed by atoms with E-state index in [1.807, 2.05) is 0 Å². The number of methoxy groups -OCH3 is 1. The molecule has 0 heterocycles. The normalized spacial score (nSPS) is 27.0. The third-order valence-corrected chi connectivity index (χ3v) is 2.81. The van der Waals surface area contributed by atoms with Crippen LogP contribution in [0.25, 0.3) is 0 Å². The molecule has 4 heteroatoms. The van der Waals surface area contributed by atoms with Crippen LogP contribution in [0.4, 0.5) is 0 Å². The Morgan fingerprint density at radius 2 is 2.13 bits per heavy atom. The van der Waals surface area contributed by atoms with Gasteiger partial charge in [0.25, 0.3) is 0 Å². The maximum Gasteiger partial charge on any atom is 0.241 e. The van der Waals surface area contributed by atoms with Gasteiger partial charge < -0.3 is 15.8 Å². The van der Waals surface area contributed by atoms with E-state index in [0.717, 1.165) is 25.7 Å². The maximum absolute atomic E-state index is 10.4. The quantitative estimate of drug-likeness (QED) is 0.655. The topological polar surface area (TPSA) is 64.3 Å². The van der Waals surface area contributed by atoms with E-state index < -0.39 is 0 Å². The molecule has 0 aromatic rings. The van der Waals surface area contributed by atoms with Crippen LogP contribution in [-0.2, 0) is 9.53 Å². The minimum absolute atomic E-state index is 0.389. The van der Waals surface area contributed by atoms with Crippen molar-refractivity contribution in [1.29, 1.82) is 0 Å². The first-order chi connectivity index (χ1) is 7.22. The molecule has 0 saturated heterocycles. The molecule has 0 radical (unpaired) electrons. The number of carbonyl (C=O) groups excluding carboxylic acids is 1. The third-order valence-electron chi connectivity index (χ3n) is 2.81. The molecule has 1 fully saturated rings. The minimum atomic E-state index is -0.389. The zero-order valence-corrected chi connectivity index (χ0v) is 9.24. The van der Waals surface area contributed by atoms with Crippen molar-refractivity contribution in [1.82, 2.24) is 5.32 Å². The van der Waals surface area contributed by atoms with E-state index in [0.29, 0.717) is 18.7 Å². The van der Waals surface area contributed by atoms with Gasteiger partial charge in [0.05, 0.1) is 6.10 Å². The molecule has 1 amide bonds. The van der Waals surface area contributed by atoms with Crippen LogP contribution in [0.1, 0.15) is 25.7 Å². The fourth-order valence-electron chi connectivity index (χ4n) is 1.91. The summed E-state index contributed by atoms with van der Waals surface area (Å²) in [5, 5.41) is 3.37. The van der Waals surface area contributed by atoms with Gasteiger partial charge in [-0.25, -0.2) is 0 Å². The second-order valence-corrected chi connectivity index (χ2v) is 3.92. The second-order valence-electron chi connectivity index (χ2n) is 3.92. The summed E-state index contributed by atoms with van der Waals surface area (Å²) in [7, 11) is 1.77. The molecule has 1 saturated carbocycles. The summed E-state index contributed by atoms with van der Waals surface area (Å²) >= 11 is 0. The molecule has 0 atom stereocenters. The standard InChI is InChI=1S/C11H20N2O2/c1-15-10-6-4-9(5-7-10)13-8-2-3-11(12)14/h2-3,9-10,13H,4-8H2,1H3,(H2,12,14)/t9-,10-. The van der Waals surface area contributed by atoms with Gasteiger partial charge in [-0.05, 0) is 31.8 Å². The van der Waals surface area contributed by atoms with E-state index in [2.05, 4.69) is 5.32 Å². The first kappa shape index (κ1) is 12.2. The highest BCUT2D eigenvalue weighted by atomic mass is 16.5. The lowest BCUT2D eigenvalue weighted by molar-refractivity contribution is -0.113. The van der Waals surface area contributed by atoms with Gasteiger partial charge in [-0.1, -0.05) is 6.08 Å². The lowest BCUT2D eigenvalue weighted by atomic mass is 9.93. The van der Waals surface area contributed by atoms with Crippen molar-refractivity contribution < 1.29 is 9.53 Å². The highest BCUT2D eigenvalue weighted by Crippen LogP contribution is 2.20. The molecule has 4 nitrogen and oxygen atoms in total. The second kappa shape index (κ2) is 6.58. The van der Waals surface area contributed by atoms with E-state index in [1.165, 1.54) is 6.08 Å². The van der Waals surface area contributed by atoms with Gasteiger partial charge >= 0.3 is 0 Å². The fourth-order valence-corrected chi connectivity index (χ4v) is 1.91. The molecule has 0 aliphatic heterocycles. The number of rotatable bonds is 5. The smallest absolute Gasteiger partial charge is 0.241 e. The molecule has 3 N–H and O–H groups in total. The fraction of sp³-hybridized carbons (Fsp3) is 0.727. The van der Waals surface area contributed by atoms with E-state index in [-0.39, 0.29) is 5.91 Å². The Kier molecular flexibility index (Phi) is 5.36. The van der Waals surface area contributed by atoms with Gasteiger partial charge in [0.2, 0.25) is 5.91 Å². The Balaban J connectivity index is 2.11. The van der Waals surface area contributed by atoms with Gasteiger partial charge in [0.1, 0.15) is 0 Å². The van der Waals surface area contributed by atoms with Crippen molar-refractivity contribution in [2.75, 3.05) is 13.7 Å². The summed E-state index contributed by atoms with van der Waals surface area (Å²) in [4.78, 5) is 10.4. The first-order valence-corrected chi connectivity index (χ1v) is 5.44. The summed E-state index contributed by atoms with van der Waals surface area (Å²) in [5.74, 6) is -0.389. The molecule has 0 aromatic carbocycles. The molecular weight excluding hydrogens is 192 g/mol. The van der Waals surface area contributed by atoms with E-state index in [1.54, 1.807) is 13.2 Å². The number of primary amides is 1. The molecule has 0 unspecified atom stereocenters. The van der Waals surface area contributed by atoms with Gasteiger partial charge in [0, 0.05) is 19.7 Å². The van der Waals surface area contributed by atoms with E-state index >= 15 is 0 Å². The Morgan fingerprint density at radius 1 is 1.47 bits per heavy atom. The van der Waals surface area contributed by atoms with E-state index in [4.69, 9.17) is 10.5 Å². The Bertz CT molecular complexity index is 221. The van der Waals surface area contributed by atoms with Gasteiger partial charge in [-0.2, -0.15) is 0 Å². The molecule has 0 aromatic heterocycles. The Morgan fingerprint density at radius 3 is 2.67 bits per heavy atom. The highest BCUT2D eigenvalue weighted by Gasteiger charge is 2.19. The van der Waals surface area contributed by atoms with Gasteiger partial charge in [-0.15, -0.1) is 0 Å². The summed E-state index contributed by atoms with van der Waals surface area (Å²) in [6, 6.07) is 0.550. The molecule has 1 rings (SSSR count). The summed E-state index contributed by atoms with van der Waals surface area (Å²) in [6.07, 6.45) is 8.12. The first-order valence-electron chi connectivity index (χ1n) is 5.44. The molecule has 0 bridgehead atoms. The van der Waals surface area contributed by atoms with Gasteiger partial charge in [-0.3, -0.25) is 4.79 Å². The number of hydrogen-bond acceptors (Lipinski definition) is 3. The largest absolute Gasteiger partial charge is 0.381 e. The van der Waals surface area contributed by atoms with Crippen molar-refractivity contribution in [3.63, 3.8) is 0 Å². The van der Waals surface area contributed by atoms with Crippen LogP contribution in [-0.4, -0.2) is 31.7 Å². The van der Waals surface area contributed by atoms with E-state index in [9.17, 15) is 4.79 Å². The average molecular weight is 212 g/mol. The Labute approximate surface area is 90.9 Å². The molecule has 86 valence electrons. The van der Waals surface area contributed by atoms with Crippen LogP contribution < -0.4 is 11.1 Å². The third kappa shape index (κ3) is 4.95. The molecule has 15 heavy (non-hydrogen) atoms. The van der Waals surface area contributed by atoms with Crippen molar-refractivity contribution >= 4 is 5.91 Å². The lowest BCUT2D eigenvalue weighted by Gasteiger charge is -2.27. The Hall–Kier alpha value is -0.870. The molecule has 1 aliphatic carbocycles. The zero-order chi connectivity index (χ0) is 11.1. The summed E-state index contributed by atoms with van der Waals surface area (Å²) in [6.45, 7) is 0.714.